The Morgan fingerprint density at radius 3 is 1.85 bits per heavy atom. The molecule has 4 heteroatoms. The lowest BCUT2D eigenvalue weighted by Crippen LogP contribution is -2.26. The van der Waals surface area contributed by atoms with E-state index in [1.54, 1.807) is 0 Å². The Bertz CT molecular complexity index is 770. The highest BCUT2D eigenvalue weighted by atomic mass is 31.1. The lowest BCUT2D eigenvalue weighted by atomic mass is 10.2. The van der Waals surface area contributed by atoms with Crippen molar-refractivity contribution in [1.29, 1.82) is 0 Å². The Morgan fingerprint density at radius 2 is 1.30 bits per heavy atom. The number of amides is 1. The van der Waals surface area contributed by atoms with Crippen LogP contribution < -0.4 is 15.9 Å². The Balaban J connectivity index is 1.47. The van der Waals surface area contributed by atoms with E-state index in [1.165, 1.54) is 10.6 Å². The van der Waals surface area contributed by atoms with Gasteiger partial charge in [0.05, 0.1) is 0 Å². The predicted molar refractivity (Wildman–Crippen MR) is 113 cm³/mol. The molecule has 3 aromatic rings. The summed E-state index contributed by atoms with van der Waals surface area (Å²) in [5.74, 6) is 0. The molecule has 0 aromatic heterocycles. The summed E-state index contributed by atoms with van der Waals surface area (Å²) in [6.07, 6.45) is 1.58. The number of benzene rings is 3. The summed E-state index contributed by atoms with van der Waals surface area (Å²) in [6, 6.07) is 30.9. The summed E-state index contributed by atoms with van der Waals surface area (Å²) in [7, 11) is -0.418. The highest BCUT2D eigenvalue weighted by Gasteiger charge is 2.13. The highest BCUT2D eigenvalue weighted by molar-refractivity contribution is 7.73. The van der Waals surface area contributed by atoms with E-state index in [0.717, 1.165) is 18.1 Å². The van der Waals surface area contributed by atoms with Gasteiger partial charge in [0, 0.05) is 6.54 Å². The van der Waals surface area contributed by atoms with Crippen LogP contribution >= 0.6 is 7.92 Å². The SMILES string of the molecule is O=C(NCCCP(c1ccccc1)c1ccccc1)OCc1ccccc1. The molecule has 0 fully saturated rings. The summed E-state index contributed by atoms with van der Waals surface area (Å²) >= 11 is 0. The normalized spacial score (nSPS) is 10.6. The largest absolute Gasteiger partial charge is 0.445 e. The molecule has 0 bridgehead atoms. The van der Waals surface area contributed by atoms with Crippen LogP contribution in [0.2, 0.25) is 0 Å². The molecular formula is C23H24NO2P. The molecule has 0 aliphatic heterocycles. The quantitative estimate of drug-likeness (QED) is 0.466. The maximum absolute atomic E-state index is 11.9. The van der Waals surface area contributed by atoms with Crippen molar-refractivity contribution in [3.63, 3.8) is 0 Å². The first-order chi connectivity index (χ1) is 13.3. The van der Waals surface area contributed by atoms with Crippen LogP contribution in [-0.4, -0.2) is 18.8 Å². The third-order valence-electron chi connectivity index (χ3n) is 4.18. The number of hydrogen-bond acceptors (Lipinski definition) is 2. The second kappa shape index (κ2) is 10.5. The lowest BCUT2D eigenvalue weighted by Gasteiger charge is -2.18. The van der Waals surface area contributed by atoms with Crippen molar-refractivity contribution in [1.82, 2.24) is 5.32 Å². The summed E-state index contributed by atoms with van der Waals surface area (Å²) in [5, 5.41) is 5.59. The van der Waals surface area contributed by atoms with E-state index >= 15 is 0 Å². The van der Waals surface area contributed by atoms with Crippen LogP contribution in [0.15, 0.2) is 91.0 Å². The van der Waals surface area contributed by atoms with E-state index in [0.29, 0.717) is 13.2 Å². The molecule has 27 heavy (non-hydrogen) atoms. The maximum atomic E-state index is 11.9. The van der Waals surface area contributed by atoms with Crippen LogP contribution in [0.4, 0.5) is 4.79 Å². The molecule has 0 radical (unpaired) electrons. The molecule has 0 spiro atoms. The first-order valence-corrected chi connectivity index (χ1v) is 10.7. The van der Waals surface area contributed by atoms with Crippen LogP contribution in [0, 0.1) is 0 Å². The topological polar surface area (TPSA) is 38.3 Å². The standard InChI is InChI=1S/C23H24NO2P/c25-23(26-19-20-11-4-1-5-12-20)24-17-10-18-27(21-13-6-2-7-14-21)22-15-8-3-9-16-22/h1-9,11-16H,10,17-19H2,(H,24,25). The minimum absolute atomic E-state index is 0.299. The first-order valence-electron chi connectivity index (χ1n) is 9.15. The van der Waals surface area contributed by atoms with Gasteiger partial charge < -0.3 is 10.1 Å². The smallest absolute Gasteiger partial charge is 0.407 e. The van der Waals surface area contributed by atoms with Gasteiger partial charge in [-0.05, 0) is 36.7 Å². The minimum atomic E-state index is -0.418. The Kier molecular flexibility index (Phi) is 7.44. The van der Waals surface area contributed by atoms with Gasteiger partial charge in [0.1, 0.15) is 6.61 Å². The van der Waals surface area contributed by atoms with Gasteiger partial charge in [-0.1, -0.05) is 91.0 Å². The molecule has 1 N–H and O–H groups in total. The van der Waals surface area contributed by atoms with Crippen molar-refractivity contribution in [2.45, 2.75) is 13.0 Å². The molecule has 0 atom stereocenters. The number of alkyl carbamates (subject to hydrolysis) is 1. The van der Waals surface area contributed by atoms with Crippen molar-refractivity contribution in [2.24, 2.45) is 0 Å². The summed E-state index contributed by atoms with van der Waals surface area (Å²) in [5.41, 5.74) is 0.990. The second-order valence-electron chi connectivity index (χ2n) is 6.16. The fraction of sp³-hybridized carbons (Fsp3) is 0.174. The van der Waals surface area contributed by atoms with Crippen LogP contribution in [0.1, 0.15) is 12.0 Å². The van der Waals surface area contributed by atoms with E-state index in [-0.39, 0.29) is 6.09 Å². The second-order valence-corrected chi connectivity index (χ2v) is 8.50. The van der Waals surface area contributed by atoms with E-state index < -0.39 is 7.92 Å². The van der Waals surface area contributed by atoms with Gasteiger partial charge in [-0.25, -0.2) is 4.79 Å². The molecule has 3 nitrogen and oxygen atoms in total. The van der Waals surface area contributed by atoms with E-state index in [4.69, 9.17) is 4.74 Å². The number of hydrogen-bond donors (Lipinski definition) is 1. The Labute approximate surface area is 162 Å². The maximum Gasteiger partial charge on any atom is 0.407 e. The molecule has 0 heterocycles. The van der Waals surface area contributed by atoms with Crippen molar-refractivity contribution >= 4 is 24.6 Å². The van der Waals surface area contributed by atoms with E-state index in [1.807, 2.05) is 42.5 Å². The molecule has 1 amide bonds. The van der Waals surface area contributed by atoms with Crippen LogP contribution in [0.25, 0.3) is 0 Å². The van der Waals surface area contributed by atoms with Crippen LogP contribution in [0.3, 0.4) is 0 Å². The van der Waals surface area contributed by atoms with Gasteiger partial charge in [-0.2, -0.15) is 0 Å². The van der Waals surface area contributed by atoms with E-state index in [2.05, 4.69) is 53.8 Å². The molecule has 0 saturated heterocycles. The molecule has 0 aliphatic rings. The van der Waals surface area contributed by atoms with Crippen molar-refractivity contribution < 1.29 is 9.53 Å². The number of ether oxygens (including phenoxy) is 1. The lowest BCUT2D eigenvalue weighted by molar-refractivity contribution is 0.139. The fourth-order valence-electron chi connectivity index (χ4n) is 2.82. The highest BCUT2D eigenvalue weighted by Crippen LogP contribution is 2.33. The van der Waals surface area contributed by atoms with Gasteiger partial charge in [0.15, 0.2) is 0 Å². The zero-order chi connectivity index (χ0) is 18.7. The number of nitrogens with one attached hydrogen (secondary N) is 1. The number of rotatable bonds is 8. The van der Waals surface area contributed by atoms with Crippen LogP contribution in [-0.2, 0) is 11.3 Å². The molecule has 3 rings (SSSR count). The Hall–Kier alpha value is -2.64. The summed E-state index contributed by atoms with van der Waals surface area (Å²) in [6.45, 7) is 0.916. The van der Waals surface area contributed by atoms with Crippen molar-refractivity contribution in [2.75, 3.05) is 12.7 Å². The minimum Gasteiger partial charge on any atom is -0.445 e. The van der Waals surface area contributed by atoms with Gasteiger partial charge in [-0.15, -0.1) is 0 Å². The molecule has 138 valence electrons. The van der Waals surface area contributed by atoms with Gasteiger partial charge in [0.2, 0.25) is 0 Å². The number of carbonyl (C=O) groups is 1. The third kappa shape index (κ3) is 6.23. The van der Waals surface area contributed by atoms with Crippen molar-refractivity contribution in [3.05, 3.63) is 96.6 Å². The number of carbonyl (C=O) groups excluding carboxylic acids is 1. The molecule has 3 aromatic carbocycles. The summed E-state index contributed by atoms with van der Waals surface area (Å²) in [4.78, 5) is 11.9. The van der Waals surface area contributed by atoms with Gasteiger partial charge in [-0.3, -0.25) is 0 Å². The third-order valence-corrected chi connectivity index (χ3v) is 6.78. The first kappa shape index (κ1) is 19.1. The molecule has 0 saturated carbocycles. The van der Waals surface area contributed by atoms with Crippen molar-refractivity contribution in [3.8, 4) is 0 Å². The zero-order valence-corrected chi connectivity index (χ0v) is 16.1. The molecular weight excluding hydrogens is 353 g/mol. The van der Waals surface area contributed by atoms with Gasteiger partial charge >= 0.3 is 6.09 Å². The van der Waals surface area contributed by atoms with Crippen LogP contribution in [0.5, 0.6) is 0 Å². The average Bonchev–Trinajstić information content (AvgIpc) is 2.74. The zero-order valence-electron chi connectivity index (χ0n) is 15.3. The molecule has 0 aliphatic carbocycles. The average molecular weight is 377 g/mol. The Morgan fingerprint density at radius 1 is 0.778 bits per heavy atom. The van der Waals surface area contributed by atoms with Gasteiger partial charge in [0.25, 0.3) is 0 Å². The summed E-state index contributed by atoms with van der Waals surface area (Å²) < 4.78 is 5.26. The predicted octanol–water partition coefficient (Wildman–Crippen LogP) is 4.44. The molecule has 0 unspecified atom stereocenters. The fourth-order valence-corrected chi connectivity index (χ4v) is 5.18. The van der Waals surface area contributed by atoms with E-state index in [9.17, 15) is 4.79 Å². The monoisotopic (exact) mass is 377 g/mol.